The average molecular weight is 482 g/mol. The van der Waals surface area contributed by atoms with E-state index in [-0.39, 0.29) is 0 Å². The predicted octanol–water partition coefficient (Wildman–Crippen LogP) is 6.38. The minimum atomic E-state index is 0.711. The molecule has 3 aromatic carbocycles. The van der Waals surface area contributed by atoms with Gasteiger partial charge in [0.1, 0.15) is 0 Å². The van der Waals surface area contributed by atoms with Crippen LogP contribution in [-0.2, 0) is 0 Å². The molecule has 0 bridgehead atoms. The van der Waals surface area contributed by atoms with Gasteiger partial charge in [-0.3, -0.25) is 4.99 Å². The van der Waals surface area contributed by atoms with Crippen LogP contribution in [0.4, 0.5) is 11.4 Å². The Bertz CT molecular complexity index is 1470. The molecule has 0 spiro atoms. The summed E-state index contributed by atoms with van der Waals surface area (Å²) in [6, 6.07) is 30.5. The van der Waals surface area contributed by atoms with Crippen molar-refractivity contribution in [1.29, 1.82) is 0 Å². The van der Waals surface area contributed by atoms with Gasteiger partial charge in [-0.05, 0) is 87.7 Å². The molecular weight excluding hydrogens is 454 g/mol. The lowest BCUT2D eigenvalue weighted by molar-refractivity contribution is 0.402. The molecule has 0 unspecified atom stereocenters. The Morgan fingerprint density at radius 3 is 2.43 bits per heavy atom. The molecule has 1 aliphatic heterocycles. The van der Waals surface area contributed by atoms with Gasteiger partial charge in [-0.25, -0.2) is 4.98 Å². The van der Waals surface area contributed by atoms with Gasteiger partial charge in [0.05, 0.1) is 33.5 Å². The topological polar surface area (TPSA) is 45.5 Å². The summed E-state index contributed by atoms with van der Waals surface area (Å²) < 4.78 is 2.24. The molecule has 0 radical (unpaired) electrons. The number of halogens is 1. The van der Waals surface area contributed by atoms with E-state index in [2.05, 4.69) is 59.2 Å². The van der Waals surface area contributed by atoms with Crippen LogP contribution < -0.4 is 10.7 Å². The molecule has 5 nitrogen and oxygen atoms in total. The third-order valence-corrected chi connectivity index (χ3v) is 6.13. The largest absolute Gasteiger partial charge is 0.354 e. The molecule has 0 atom stereocenters. The van der Waals surface area contributed by atoms with Gasteiger partial charge in [-0.15, -0.1) is 0 Å². The van der Waals surface area contributed by atoms with Crippen molar-refractivity contribution < 1.29 is 0 Å². The number of rotatable bonds is 7. The normalized spacial score (nSPS) is 12.1. The molecule has 35 heavy (non-hydrogen) atoms. The smallest absolute Gasteiger partial charge is 0.0900 e. The zero-order valence-corrected chi connectivity index (χ0v) is 20.7. The Balaban J connectivity index is 1.73. The molecule has 0 fully saturated rings. The van der Waals surface area contributed by atoms with Crippen LogP contribution >= 0.6 is 11.6 Å². The minimum absolute atomic E-state index is 0.711. The molecule has 0 saturated heterocycles. The van der Waals surface area contributed by atoms with E-state index >= 15 is 0 Å². The van der Waals surface area contributed by atoms with Crippen molar-refractivity contribution in [2.75, 3.05) is 32.5 Å². The summed E-state index contributed by atoms with van der Waals surface area (Å²) in [6.07, 6.45) is 0.989. The van der Waals surface area contributed by atoms with Gasteiger partial charge in [0.25, 0.3) is 0 Å². The van der Waals surface area contributed by atoms with Gasteiger partial charge in [-0.2, -0.15) is 0 Å². The highest BCUT2D eigenvalue weighted by molar-refractivity contribution is 6.30. The third kappa shape index (κ3) is 5.21. The molecular formula is C29H28ClN5. The second-order valence-corrected chi connectivity index (χ2v) is 9.24. The Morgan fingerprint density at radius 2 is 1.66 bits per heavy atom. The summed E-state index contributed by atoms with van der Waals surface area (Å²) in [4.78, 5) is 12.2. The van der Waals surface area contributed by atoms with Gasteiger partial charge < -0.3 is 14.8 Å². The van der Waals surface area contributed by atoms with Crippen LogP contribution in [0.15, 0.2) is 96.0 Å². The van der Waals surface area contributed by atoms with Crippen LogP contribution in [0.5, 0.6) is 0 Å². The van der Waals surface area contributed by atoms with E-state index < -0.39 is 0 Å². The van der Waals surface area contributed by atoms with Crippen molar-refractivity contribution in [2.24, 2.45) is 4.99 Å². The highest BCUT2D eigenvalue weighted by Gasteiger charge is 2.16. The van der Waals surface area contributed by atoms with E-state index in [1.807, 2.05) is 60.7 Å². The maximum absolute atomic E-state index is 6.20. The van der Waals surface area contributed by atoms with Crippen molar-refractivity contribution in [3.8, 4) is 17.1 Å². The van der Waals surface area contributed by atoms with Crippen molar-refractivity contribution in [2.45, 2.75) is 6.42 Å². The summed E-state index contributed by atoms with van der Waals surface area (Å²) in [5.74, 6) is 0. The summed E-state index contributed by atoms with van der Waals surface area (Å²) in [7, 11) is 4.18. The molecule has 2 aliphatic rings. The highest BCUT2D eigenvalue weighted by Crippen LogP contribution is 2.30. The Kier molecular flexibility index (Phi) is 6.80. The fraction of sp³-hybridized carbons (Fsp3) is 0.172. The first kappa shape index (κ1) is 23.1. The van der Waals surface area contributed by atoms with Gasteiger partial charge in [-0.1, -0.05) is 41.9 Å². The van der Waals surface area contributed by atoms with E-state index in [0.29, 0.717) is 5.02 Å². The number of fused-ring (bicyclic) bond motifs is 2. The molecule has 1 heterocycles. The first-order valence-corrected chi connectivity index (χ1v) is 12.1. The Morgan fingerprint density at radius 1 is 0.914 bits per heavy atom. The molecule has 1 N–H and O–H groups in total. The third-order valence-electron chi connectivity index (χ3n) is 5.88. The number of aromatic nitrogens is 2. The molecule has 0 saturated carbocycles. The van der Waals surface area contributed by atoms with E-state index in [1.165, 1.54) is 0 Å². The molecule has 5 rings (SSSR count). The predicted molar refractivity (Wildman–Crippen MR) is 146 cm³/mol. The van der Waals surface area contributed by atoms with Gasteiger partial charge in [0, 0.05) is 22.9 Å². The summed E-state index contributed by atoms with van der Waals surface area (Å²) >= 11 is 6.20. The Hall–Kier alpha value is -3.67. The fourth-order valence-electron chi connectivity index (χ4n) is 4.20. The van der Waals surface area contributed by atoms with Gasteiger partial charge in [0.2, 0.25) is 0 Å². The Labute approximate surface area is 210 Å². The minimum Gasteiger partial charge on any atom is -0.354 e. The number of nitrogens with zero attached hydrogens (tertiary/aromatic N) is 4. The van der Waals surface area contributed by atoms with Crippen LogP contribution in [0, 0.1) is 0 Å². The molecule has 6 heteroatoms. The van der Waals surface area contributed by atoms with E-state index in [9.17, 15) is 0 Å². The van der Waals surface area contributed by atoms with E-state index in [1.54, 1.807) is 0 Å². The fourth-order valence-corrected chi connectivity index (χ4v) is 4.33. The highest BCUT2D eigenvalue weighted by atomic mass is 35.5. The number of benzene rings is 4. The van der Waals surface area contributed by atoms with Crippen LogP contribution in [0.2, 0.25) is 5.02 Å². The molecule has 0 amide bonds. The summed E-state index contributed by atoms with van der Waals surface area (Å²) in [5.41, 5.74) is 6.84. The van der Waals surface area contributed by atoms with Crippen molar-refractivity contribution in [3.63, 3.8) is 0 Å². The quantitative estimate of drug-likeness (QED) is 0.217. The van der Waals surface area contributed by atoms with E-state index in [0.717, 1.165) is 64.4 Å². The maximum atomic E-state index is 6.20. The lowest BCUT2D eigenvalue weighted by Crippen LogP contribution is -2.17. The maximum Gasteiger partial charge on any atom is 0.0900 e. The monoisotopic (exact) mass is 481 g/mol. The van der Waals surface area contributed by atoms with Gasteiger partial charge in [0.15, 0.2) is 0 Å². The lowest BCUT2D eigenvalue weighted by Gasteiger charge is -2.20. The van der Waals surface area contributed by atoms with Crippen LogP contribution in [0.1, 0.15) is 6.42 Å². The first-order chi connectivity index (χ1) is 17.1. The molecule has 0 aromatic heterocycles. The summed E-state index contributed by atoms with van der Waals surface area (Å²) in [6.45, 7) is 1.74. The van der Waals surface area contributed by atoms with Crippen LogP contribution in [0.3, 0.4) is 0 Å². The van der Waals surface area contributed by atoms with Crippen molar-refractivity contribution in [1.82, 2.24) is 14.5 Å². The van der Waals surface area contributed by atoms with Crippen LogP contribution in [-0.4, -0.2) is 41.6 Å². The second-order valence-electron chi connectivity index (χ2n) is 8.80. The average Bonchev–Trinajstić information content (AvgIpc) is 2.86. The van der Waals surface area contributed by atoms with Crippen molar-refractivity contribution >= 4 is 34.0 Å². The first-order valence-electron chi connectivity index (χ1n) is 11.8. The molecule has 1 aliphatic carbocycles. The number of hydrogen-bond acceptors (Lipinski definition) is 4. The standard InChI is InChI=1S/C29H28ClN5/c1-34(2)18-8-17-31-25-20-29-27(19-26(25)32-22-9-4-3-5-10-22)33-24-11-6-7-12-28(24)35(29)23-15-13-21(30)14-16-23/h3-7,9-16,19-20,32H,8,17-18H2,1-2H3. The lowest BCUT2D eigenvalue weighted by atomic mass is 10.1. The van der Waals surface area contributed by atoms with Crippen molar-refractivity contribution in [3.05, 3.63) is 101 Å². The zero-order chi connectivity index (χ0) is 24.2. The summed E-state index contributed by atoms with van der Waals surface area (Å²) in [5, 5.41) is 5.19. The number of para-hydroxylation sites is 3. The van der Waals surface area contributed by atoms with Crippen LogP contribution in [0.25, 0.3) is 28.1 Å². The van der Waals surface area contributed by atoms with E-state index in [4.69, 9.17) is 21.6 Å². The number of nitrogens with one attached hydrogen (secondary N) is 1. The second kappa shape index (κ2) is 10.3. The SMILES string of the molecule is CN(C)CCCN=c1cc2n(-c3ccc(Cl)cc3)c3ccccc3nc-2cc1Nc1ccccc1. The molecule has 176 valence electrons. The number of anilines is 2. The number of hydrogen-bond donors (Lipinski definition) is 1. The molecule has 3 aromatic rings. The van der Waals surface area contributed by atoms with Gasteiger partial charge >= 0.3 is 0 Å². The zero-order valence-electron chi connectivity index (χ0n) is 19.9.